The summed E-state index contributed by atoms with van der Waals surface area (Å²) in [4.78, 5) is 25.1. The van der Waals surface area contributed by atoms with Crippen LogP contribution in [0.5, 0.6) is 17.2 Å². The quantitative estimate of drug-likeness (QED) is 0.136. The molecule has 8 heteroatoms. The summed E-state index contributed by atoms with van der Waals surface area (Å²) in [5.74, 6) is -0.0116. The Hall–Kier alpha value is -4.82. The minimum atomic E-state index is -2.67. The first-order chi connectivity index (χ1) is 22.1. The van der Waals surface area contributed by atoms with Crippen LogP contribution in [-0.2, 0) is 45.1 Å². The average molecular weight is 587 g/mol. The van der Waals surface area contributed by atoms with Gasteiger partial charge in [0, 0.05) is 13.5 Å². The van der Waals surface area contributed by atoms with Crippen molar-refractivity contribution in [3.05, 3.63) is 125 Å². The lowest BCUT2D eigenvalue weighted by Crippen LogP contribution is -2.28. The molecule has 4 rings (SSSR count). The van der Waals surface area contributed by atoms with E-state index in [1.54, 1.807) is 36.4 Å². The SMILES string of the molecule is [2H]C([2H])([2H])Oc1cc(CCNC(=O)Cc2cccc(OC)c2C(OCc2ccccc2)OC(C)=O)ccc1OCc1ccccc1. The Morgan fingerprint density at radius 3 is 2.19 bits per heavy atom. The van der Waals surface area contributed by atoms with Gasteiger partial charge in [-0.25, -0.2) is 0 Å². The normalized spacial score (nSPS) is 12.7. The maximum Gasteiger partial charge on any atom is 0.305 e. The number of methoxy groups -OCH3 is 2. The van der Waals surface area contributed by atoms with Crippen LogP contribution in [-0.4, -0.2) is 32.6 Å². The van der Waals surface area contributed by atoms with E-state index in [1.807, 2.05) is 60.7 Å². The molecule has 224 valence electrons. The second kappa shape index (κ2) is 16.0. The van der Waals surface area contributed by atoms with Crippen LogP contribution in [0.15, 0.2) is 97.1 Å². The van der Waals surface area contributed by atoms with Crippen molar-refractivity contribution in [2.45, 2.75) is 39.3 Å². The number of esters is 1. The Morgan fingerprint density at radius 2 is 1.51 bits per heavy atom. The van der Waals surface area contributed by atoms with E-state index in [9.17, 15) is 9.59 Å². The van der Waals surface area contributed by atoms with Gasteiger partial charge in [0.15, 0.2) is 11.5 Å². The highest BCUT2D eigenvalue weighted by atomic mass is 16.7. The zero-order chi connectivity index (χ0) is 32.9. The zero-order valence-electron chi connectivity index (χ0n) is 27.2. The standard InChI is InChI=1S/C35H37NO7/c1-25(37)43-35(42-24-28-13-8-5-9-14-28)34-29(15-10-16-31(34)39-2)22-33(38)36-20-19-26-17-18-30(32(21-26)40-3)41-23-27-11-6-4-7-12-27/h4-18,21,35H,19-20,22-24H2,1-3H3,(H,36,38)/i3D3. The molecule has 0 aliphatic heterocycles. The van der Waals surface area contributed by atoms with E-state index in [-0.39, 0.29) is 37.8 Å². The van der Waals surface area contributed by atoms with Gasteiger partial charge >= 0.3 is 5.97 Å². The molecule has 0 aliphatic carbocycles. The molecule has 1 N–H and O–H groups in total. The van der Waals surface area contributed by atoms with Crippen LogP contribution in [0.3, 0.4) is 0 Å². The second-order valence-electron chi connectivity index (χ2n) is 9.71. The molecule has 0 fully saturated rings. The van der Waals surface area contributed by atoms with E-state index >= 15 is 0 Å². The Bertz CT molecular complexity index is 1580. The van der Waals surface area contributed by atoms with Crippen LogP contribution in [0.2, 0.25) is 0 Å². The number of benzene rings is 4. The van der Waals surface area contributed by atoms with Gasteiger partial charge < -0.3 is 29.0 Å². The molecule has 1 amide bonds. The van der Waals surface area contributed by atoms with Crippen molar-refractivity contribution < 1.29 is 37.4 Å². The van der Waals surface area contributed by atoms with Crippen molar-refractivity contribution >= 4 is 11.9 Å². The zero-order valence-corrected chi connectivity index (χ0v) is 24.2. The second-order valence-corrected chi connectivity index (χ2v) is 9.71. The van der Waals surface area contributed by atoms with E-state index in [2.05, 4.69) is 5.32 Å². The van der Waals surface area contributed by atoms with Gasteiger partial charge in [0.05, 0.1) is 36.9 Å². The number of hydrogen-bond acceptors (Lipinski definition) is 7. The van der Waals surface area contributed by atoms with E-state index < -0.39 is 19.3 Å². The van der Waals surface area contributed by atoms with Crippen LogP contribution in [0, 0.1) is 0 Å². The van der Waals surface area contributed by atoms with Gasteiger partial charge in [0.2, 0.25) is 12.2 Å². The van der Waals surface area contributed by atoms with Gasteiger partial charge in [-0.3, -0.25) is 9.59 Å². The summed E-state index contributed by atoms with van der Waals surface area (Å²) < 4.78 is 50.9. The fourth-order valence-electron chi connectivity index (χ4n) is 4.49. The van der Waals surface area contributed by atoms with Crippen LogP contribution in [0.25, 0.3) is 0 Å². The third kappa shape index (κ3) is 9.34. The first-order valence-corrected chi connectivity index (χ1v) is 13.8. The minimum Gasteiger partial charge on any atom is -0.496 e. The van der Waals surface area contributed by atoms with Crippen molar-refractivity contribution in [3.8, 4) is 17.2 Å². The predicted molar refractivity (Wildman–Crippen MR) is 163 cm³/mol. The molecule has 0 saturated heterocycles. The molecule has 8 nitrogen and oxygen atoms in total. The molecule has 0 aromatic heterocycles. The first kappa shape index (κ1) is 27.0. The summed E-state index contributed by atoms with van der Waals surface area (Å²) >= 11 is 0. The lowest BCUT2D eigenvalue weighted by Gasteiger charge is -2.23. The van der Waals surface area contributed by atoms with Crippen LogP contribution < -0.4 is 19.5 Å². The van der Waals surface area contributed by atoms with Crippen molar-refractivity contribution in [1.29, 1.82) is 0 Å². The highest BCUT2D eigenvalue weighted by molar-refractivity contribution is 5.79. The van der Waals surface area contributed by atoms with Gasteiger partial charge in [-0.15, -0.1) is 0 Å². The number of carbonyl (C=O) groups is 2. The third-order valence-electron chi connectivity index (χ3n) is 6.57. The number of amides is 1. The summed E-state index contributed by atoms with van der Waals surface area (Å²) in [5, 5.41) is 2.90. The molecule has 0 spiro atoms. The molecule has 0 aliphatic rings. The molecule has 4 aromatic carbocycles. The summed E-state index contributed by atoms with van der Waals surface area (Å²) in [6, 6.07) is 29.2. The summed E-state index contributed by atoms with van der Waals surface area (Å²) in [6.07, 6.45) is -0.724. The van der Waals surface area contributed by atoms with E-state index in [0.717, 1.165) is 16.7 Å². The Morgan fingerprint density at radius 1 is 0.791 bits per heavy atom. The van der Waals surface area contributed by atoms with Crippen LogP contribution in [0.4, 0.5) is 0 Å². The molecule has 0 radical (unpaired) electrons. The number of rotatable bonds is 15. The monoisotopic (exact) mass is 586 g/mol. The molecule has 0 heterocycles. The van der Waals surface area contributed by atoms with Crippen molar-refractivity contribution in [1.82, 2.24) is 5.32 Å². The fourth-order valence-corrected chi connectivity index (χ4v) is 4.49. The summed E-state index contributed by atoms with van der Waals surface area (Å²) in [6.45, 7) is 1.98. The number of hydrogen-bond donors (Lipinski definition) is 1. The average Bonchev–Trinajstić information content (AvgIpc) is 3.02. The molecular formula is C35H37NO7. The Labute approximate surface area is 256 Å². The van der Waals surface area contributed by atoms with E-state index in [4.69, 9.17) is 27.8 Å². The van der Waals surface area contributed by atoms with Gasteiger partial charge in [-0.2, -0.15) is 0 Å². The first-order valence-electron chi connectivity index (χ1n) is 15.3. The van der Waals surface area contributed by atoms with Crippen molar-refractivity contribution in [2.24, 2.45) is 0 Å². The number of nitrogens with one attached hydrogen (secondary N) is 1. The molecule has 0 bridgehead atoms. The van der Waals surface area contributed by atoms with Gasteiger partial charge in [-0.1, -0.05) is 78.9 Å². The minimum absolute atomic E-state index is 0.0291. The largest absolute Gasteiger partial charge is 0.496 e. The molecule has 1 unspecified atom stereocenters. The third-order valence-corrected chi connectivity index (χ3v) is 6.57. The highest BCUT2D eigenvalue weighted by Crippen LogP contribution is 2.33. The Kier molecular flexibility index (Phi) is 10.1. The van der Waals surface area contributed by atoms with Gasteiger partial charge in [-0.05, 0) is 46.9 Å². The smallest absolute Gasteiger partial charge is 0.305 e. The maximum absolute atomic E-state index is 13.1. The van der Waals surface area contributed by atoms with Crippen molar-refractivity contribution in [3.63, 3.8) is 0 Å². The highest BCUT2D eigenvalue weighted by Gasteiger charge is 2.25. The topological polar surface area (TPSA) is 92.3 Å². The summed E-state index contributed by atoms with van der Waals surface area (Å²) in [5.41, 5.74) is 3.58. The maximum atomic E-state index is 13.1. The van der Waals surface area contributed by atoms with E-state index in [1.165, 1.54) is 14.0 Å². The van der Waals surface area contributed by atoms with E-state index in [0.29, 0.717) is 29.0 Å². The molecular weight excluding hydrogens is 546 g/mol. The molecule has 1 atom stereocenters. The van der Waals surface area contributed by atoms with Crippen LogP contribution >= 0.6 is 0 Å². The lowest BCUT2D eigenvalue weighted by molar-refractivity contribution is -0.181. The molecule has 0 saturated carbocycles. The van der Waals surface area contributed by atoms with Gasteiger partial charge in [0.25, 0.3) is 0 Å². The number of ether oxygens (including phenoxy) is 5. The lowest BCUT2D eigenvalue weighted by atomic mass is 10.0. The molecule has 4 aromatic rings. The van der Waals surface area contributed by atoms with Crippen LogP contribution in [0.1, 0.15) is 45.1 Å². The Balaban J connectivity index is 1.42. The predicted octanol–water partition coefficient (Wildman–Crippen LogP) is 5.96. The number of carbonyl (C=O) groups excluding carboxylic acids is 2. The fraction of sp³-hybridized carbons (Fsp3) is 0.257. The van der Waals surface area contributed by atoms with Crippen molar-refractivity contribution in [2.75, 3.05) is 20.7 Å². The van der Waals surface area contributed by atoms with Gasteiger partial charge in [0.1, 0.15) is 12.4 Å². The summed E-state index contributed by atoms with van der Waals surface area (Å²) in [7, 11) is -1.17. The molecule has 43 heavy (non-hydrogen) atoms.